The molecular weight excluding hydrogens is 456 g/mol. The molecule has 10 heteroatoms. The van der Waals surface area contributed by atoms with Gasteiger partial charge in [0.25, 0.3) is 5.91 Å². The summed E-state index contributed by atoms with van der Waals surface area (Å²) >= 11 is 0. The van der Waals surface area contributed by atoms with Gasteiger partial charge in [-0.25, -0.2) is 8.42 Å². The normalized spacial score (nSPS) is 18.7. The van der Waals surface area contributed by atoms with Crippen LogP contribution in [0.5, 0.6) is 5.75 Å². The van der Waals surface area contributed by atoms with E-state index in [4.69, 9.17) is 9.26 Å². The van der Waals surface area contributed by atoms with E-state index in [1.54, 1.807) is 6.07 Å². The van der Waals surface area contributed by atoms with Crippen LogP contribution in [0.4, 0.5) is 5.69 Å². The van der Waals surface area contributed by atoms with E-state index >= 15 is 0 Å². The fraction of sp³-hybridized carbons (Fsp3) is 0.375. The number of fused-ring (bicyclic) bond motifs is 2. The lowest BCUT2D eigenvalue weighted by atomic mass is 9.85. The first-order chi connectivity index (χ1) is 16.5. The highest BCUT2D eigenvalue weighted by Gasteiger charge is 2.33. The SMILES string of the molecule is O=C1COc2ccc(S(=O)(=O)N3CCc4ccccc4C3)cc2N1Cc1noc(C2CCC2)n1. The van der Waals surface area contributed by atoms with E-state index in [1.165, 1.54) is 26.9 Å². The van der Waals surface area contributed by atoms with Gasteiger partial charge in [0.1, 0.15) is 5.75 Å². The maximum atomic E-state index is 13.5. The molecular formula is C24H24N4O5S. The number of rotatable bonds is 5. The van der Waals surface area contributed by atoms with Gasteiger partial charge in [-0.15, -0.1) is 0 Å². The summed E-state index contributed by atoms with van der Waals surface area (Å²) in [5.74, 6) is 1.45. The van der Waals surface area contributed by atoms with Crippen LogP contribution in [0.15, 0.2) is 51.9 Å². The minimum atomic E-state index is -3.76. The number of sulfonamides is 1. The predicted octanol–water partition coefficient (Wildman–Crippen LogP) is 3.01. The van der Waals surface area contributed by atoms with Crippen LogP contribution in [-0.4, -0.2) is 41.9 Å². The fourth-order valence-corrected chi connectivity index (χ4v) is 6.07. The van der Waals surface area contributed by atoms with Crippen molar-refractivity contribution in [1.29, 1.82) is 0 Å². The maximum absolute atomic E-state index is 13.5. The van der Waals surface area contributed by atoms with E-state index in [0.29, 0.717) is 48.6 Å². The number of nitrogens with zero attached hydrogens (tertiary/aromatic N) is 4. The second-order valence-corrected chi connectivity index (χ2v) is 10.9. The number of carbonyl (C=O) groups is 1. The molecule has 3 aromatic rings. The van der Waals surface area contributed by atoms with E-state index < -0.39 is 10.0 Å². The third kappa shape index (κ3) is 3.67. The van der Waals surface area contributed by atoms with Crippen molar-refractivity contribution in [2.45, 2.75) is 49.6 Å². The van der Waals surface area contributed by atoms with Gasteiger partial charge in [0.2, 0.25) is 15.9 Å². The zero-order valence-corrected chi connectivity index (χ0v) is 19.3. The van der Waals surface area contributed by atoms with Gasteiger partial charge in [-0.1, -0.05) is 35.8 Å². The summed E-state index contributed by atoms with van der Waals surface area (Å²) in [4.78, 5) is 18.8. The Hall–Kier alpha value is -3.24. The van der Waals surface area contributed by atoms with Gasteiger partial charge in [0.15, 0.2) is 12.4 Å². The van der Waals surface area contributed by atoms with Crippen LogP contribution in [0, 0.1) is 0 Å². The topological polar surface area (TPSA) is 106 Å². The first-order valence-electron chi connectivity index (χ1n) is 11.5. The number of benzene rings is 2. The molecule has 3 heterocycles. The lowest BCUT2D eigenvalue weighted by Crippen LogP contribution is -2.39. The van der Waals surface area contributed by atoms with Crippen LogP contribution in [0.25, 0.3) is 0 Å². The van der Waals surface area contributed by atoms with Crippen LogP contribution < -0.4 is 9.64 Å². The molecule has 3 aliphatic rings. The predicted molar refractivity (Wildman–Crippen MR) is 122 cm³/mol. The second kappa shape index (κ2) is 8.21. The number of ether oxygens (including phenoxy) is 1. The molecule has 34 heavy (non-hydrogen) atoms. The molecule has 9 nitrogen and oxygen atoms in total. The van der Waals surface area contributed by atoms with Crippen molar-refractivity contribution in [3.05, 3.63) is 65.3 Å². The second-order valence-electron chi connectivity index (χ2n) is 8.93. The Morgan fingerprint density at radius 1 is 1.09 bits per heavy atom. The number of aromatic nitrogens is 2. The monoisotopic (exact) mass is 480 g/mol. The average molecular weight is 481 g/mol. The van der Waals surface area contributed by atoms with Gasteiger partial charge in [0.05, 0.1) is 17.1 Å². The Morgan fingerprint density at radius 3 is 2.71 bits per heavy atom. The van der Waals surface area contributed by atoms with Crippen molar-refractivity contribution in [3.63, 3.8) is 0 Å². The highest BCUT2D eigenvalue weighted by atomic mass is 32.2. The molecule has 0 bridgehead atoms. The number of anilines is 1. The molecule has 0 radical (unpaired) electrons. The summed E-state index contributed by atoms with van der Waals surface area (Å²) in [6.45, 7) is 0.686. The summed E-state index contributed by atoms with van der Waals surface area (Å²) in [5, 5.41) is 4.04. The minimum Gasteiger partial charge on any atom is -0.482 e. The molecule has 176 valence electrons. The summed E-state index contributed by atoms with van der Waals surface area (Å²) in [7, 11) is -3.76. The molecule has 0 unspecified atom stereocenters. The van der Waals surface area contributed by atoms with E-state index in [0.717, 1.165) is 24.8 Å². The highest BCUT2D eigenvalue weighted by molar-refractivity contribution is 7.89. The third-order valence-corrected chi connectivity index (χ3v) is 8.69. The Kier molecular flexibility index (Phi) is 5.14. The smallest absolute Gasteiger partial charge is 0.265 e. The van der Waals surface area contributed by atoms with Crippen LogP contribution in [0.3, 0.4) is 0 Å². The zero-order chi connectivity index (χ0) is 23.3. The molecule has 1 amide bonds. The van der Waals surface area contributed by atoms with E-state index in [9.17, 15) is 13.2 Å². The molecule has 1 aromatic heterocycles. The molecule has 1 saturated carbocycles. The third-order valence-electron chi connectivity index (χ3n) is 6.84. The van der Waals surface area contributed by atoms with Gasteiger partial charge >= 0.3 is 0 Å². The van der Waals surface area contributed by atoms with Crippen molar-refractivity contribution < 1.29 is 22.5 Å². The first-order valence-corrected chi connectivity index (χ1v) is 12.9. The standard InChI is InChI=1S/C24H24N4O5S/c29-23-15-32-21-9-8-19(34(30,31)27-11-10-16-4-1-2-5-18(16)13-27)12-20(21)28(23)14-22-25-24(33-26-22)17-6-3-7-17/h1-2,4-5,8-9,12,17H,3,6-7,10-11,13-15H2. The van der Waals surface area contributed by atoms with Gasteiger partial charge in [-0.05, 0) is 48.6 Å². The Bertz CT molecular complexity index is 1370. The molecule has 0 atom stereocenters. The fourth-order valence-electron chi connectivity index (χ4n) is 4.63. The molecule has 2 aromatic carbocycles. The molecule has 2 aliphatic heterocycles. The Balaban J connectivity index is 1.29. The molecule has 1 aliphatic carbocycles. The van der Waals surface area contributed by atoms with Crippen LogP contribution >= 0.6 is 0 Å². The van der Waals surface area contributed by atoms with Gasteiger partial charge < -0.3 is 9.26 Å². The number of amides is 1. The number of hydrogen-bond acceptors (Lipinski definition) is 7. The van der Waals surface area contributed by atoms with Crippen molar-refractivity contribution in [2.24, 2.45) is 0 Å². The average Bonchev–Trinajstić information content (AvgIpc) is 3.27. The molecule has 6 rings (SSSR count). The van der Waals surface area contributed by atoms with Crippen LogP contribution in [-0.2, 0) is 34.3 Å². The largest absolute Gasteiger partial charge is 0.482 e. The van der Waals surface area contributed by atoms with Crippen LogP contribution in [0.2, 0.25) is 0 Å². The summed E-state index contributed by atoms with van der Waals surface area (Å²) < 4.78 is 39.4. The maximum Gasteiger partial charge on any atom is 0.265 e. The molecule has 0 N–H and O–H groups in total. The van der Waals surface area contributed by atoms with Gasteiger partial charge in [-0.3, -0.25) is 9.69 Å². The van der Waals surface area contributed by atoms with E-state index in [-0.39, 0.29) is 24.0 Å². The van der Waals surface area contributed by atoms with Crippen LogP contribution in [0.1, 0.15) is 48.0 Å². The number of hydrogen-bond donors (Lipinski definition) is 0. The van der Waals surface area contributed by atoms with Crippen molar-refractivity contribution in [3.8, 4) is 5.75 Å². The molecule has 0 saturated heterocycles. The number of carbonyl (C=O) groups excluding carboxylic acids is 1. The van der Waals surface area contributed by atoms with E-state index in [1.807, 2.05) is 24.3 Å². The van der Waals surface area contributed by atoms with E-state index in [2.05, 4.69) is 10.1 Å². The van der Waals surface area contributed by atoms with Gasteiger partial charge in [0, 0.05) is 19.0 Å². The van der Waals surface area contributed by atoms with Crippen molar-refractivity contribution in [1.82, 2.24) is 14.4 Å². The molecule has 1 fully saturated rings. The van der Waals surface area contributed by atoms with Crippen molar-refractivity contribution >= 4 is 21.6 Å². The Morgan fingerprint density at radius 2 is 1.91 bits per heavy atom. The summed E-state index contributed by atoms with van der Waals surface area (Å²) in [6, 6.07) is 12.5. The summed E-state index contributed by atoms with van der Waals surface area (Å²) in [6.07, 6.45) is 3.87. The summed E-state index contributed by atoms with van der Waals surface area (Å²) in [5.41, 5.74) is 2.57. The quantitative estimate of drug-likeness (QED) is 0.553. The molecule has 0 spiro atoms. The minimum absolute atomic E-state index is 0.0893. The van der Waals surface area contributed by atoms with Crippen molar-refractivity contribution in [2.75, 3.05) is 18.1 Å². The van der Waals surface area contributed by atoms with Gasteiger partial charge in [-0.2, -0.15) is 9.29 Å². The lowest BCUT2D eigenvalue weighted by Gasteiger charge is -2.31. The zero-order valence-electron chi connectivity index (χ0n) is 18.5. The Labute approximate surface area is 197 Å². The lowest BCUT2D eigenvalue weighted by molar-refractivity contribution is -0.121. The highest BCUT2D eigenvalue weighted by Crippen LogP contribution is 2.38. The first kappa shape index (κ1) is 21.3.